The number of benzene rings is 1. The van der Waals surface area contributed by atoms with Gasteiger partial charge in [0, 0.05) is 24.0 Å². The van der Waals surface area contributed by atoms with Crippen LogP contribution in [0.3, 0.4) is 0 Å². The number of hydrazine groups is 1. The van der Waals surface area contributed by atoms with Crippen LogP contribution >= 0.6 is 11.3 Å². The fraction of sp³-hybridized carbons (Fsp3) is 0.417. The van der Waals surface area contributed by atoms with Crippen LogP contribution in [0.5, 0.6) is 0 Å². The van der Waals surface area contributed by atoms with Crippen LogP contribution < -0.4 is 28.4 Å². The maximum absolute atomic E-state index is 13.7. The van der Waals surface area contributed by atoms with Crippen LogP contribution in [0.1, 0.15) is 39.7 Å². The van der Waals surface area contributed by atoms with Gasteiger partial charge in [0.1, 0.15) is 10.3 Å². The zero-order valence-corrected chi connectivity index (χ0v) is 21.4. The average molecular weight is 514 g/mol. The van der Waals surface area contributed by atoms with Crippen molar-refractivity contribution in [3.05, 3.63) is 57.2 Å². The maximum Gasteiger partial charge on any atom is 0.410 e. The second kappa shape index (κ2) is 10.2. The minimum Gasteiger partial charge on any atom is -0.444 e. The van der Waals surface area contributed by atoms with E-state index in [9.17, 15) is 14.4 Å². The number of ether oxygens (including phenoxy) is 1. The summed E-state index contributed by atoms with van der Waals surface area (Å²) in [6.07, 6.45) is 0.498. The molecule has 1 aromatic carbocycles. The smallest absolute Gasteiger partial charge is 0.410 e. The molecule has 0 atom stereocenters. The lowest BCUT2D eigenvalue weighted by Crippen LogP contribution is -2.48. The number of thiophene rings is 1. The number of nitrogens with two attached hydrogens (primary N) is 2. The SMILES string of the molecule is CC(C)(C)OC(=O)N1CCC(n2c(=O)c3sc(-c4ccccc4)cc3n(C/C(=N/N)NN)c2=O)CC1. The molecule has 0 aliphatic carbocycles. The fourth-order valence-corrected chi connectivity index (χ4v) is 5.39. The Morgan fingerprint density at radius 1 is 1.19 bits per heavy atom. The largest absolute Gasteiger partial charge is 0.444 e. The highest BCUT2D eigenvalue weighted by molar-refractivity contribution is 7.22. The third-order valence-corrected chi connectivity index (χ3v) is 7.18. The number of aromatic nitrogens is 2. The summed E-state index contributed by atoms with van der Waals surface area (Å²) >= 11 is 1.33. The number of hydrogen-bond acceptors (Lipinski definition) is 8. The molecule has 0 spiro atoms. The molecular weight excluding hydrogens is 482 g/mol. The molecule has 4 rings (SSSR count). The van der Waals surface area contributed by atoms with Gasteiger partial charge < -0.3 is 20.9 Å². The number of hydrogen-bond donors (Lipinski definition) is 3. The van der Waals surface area contributed by atoms with Crippen LogP contribution in [-0.2, 0) is 11.3 Å². The van der Waals surface area contributed by atoms with Gasteiger partial charge >= 0.3 is 11.8 Å². The molecule has 12 heteroatoms. The molecule has 1 fully saturated rings. The van der Waals surface area contributed by atoms with Gasteiger partial charge in [0.05, 0.1) is 12.1 Å². The molecule has 11 nitrogen and oxygen atoms in total. The van der Waals surface area contributed by atoms with Crippen molar-refractivity contribution in [2.75, 3.05) is 13.1 Å². The number of carbonyl (C=O) groups excluding carboxylic acids is 1. The summed E-state index contributed by atoms with van der Waals surface area (Å²) in [7, 11) is 0. The van der Waals surface area contributed by atoms with Crippen LogP contribution in [0.2, 0.25) is 0 Å². The molecule has 5 N–H and O–H groups in total. The van der Waals surface area contributed by atoms with E-state index in [4.69, 9.17) is 16.4 Å². The first kappa shape index (κ1) is 25.5. The maximum atomic E-state index is 13.7. The molecule has 1 amide bonds. The molecule has 3 heterocycles. The topological polar surface area (TPSA) is 150 Å². The van der Waals surface area contributed by atoms with E-state index in [1.165, 1.54) is 20.5 Å². The van der Waals surface area contributed by atoms with Gasteiger partial charge in [0.2, 0.25) is 0 Å². The van der Waals surface area contributed by atoms with E-state index in [-0.39, 0.29) is 24.0 Å². The van der Waals surface area contributed by atoms with E-state index in [1.54, 1.807) is 4.90 Å². The lowest BCUT2D eigenvalue weighted by Gasteiger charge is -2.34. The second-order valence-corrected chi connectivity index (χ2v) is 10.7. The highest BCUT2D eigenvalue weighted by atomic mass is 32.1. The molecule has 0 unspecified atom stereocenters. The Labute approximate surface area is 211 Å². The normalized spacial score (nSPS) is 15.3. The average Bonchev–Trinajstić information content (AvgIpc) is 3.30. The number of amides is 1. The summed E-state index contributed by atoms with van der Waals surface area (Å²) in [5, 5.41) is 3.62. The number of carbonyl (C=O) groups is 1. The summed E-state index contributed by atoms with van der Waals surface area (Å²) in [5.74, 6) is 11.2. The number of nitrogens with one attached hydrogen (secondary N) is 1. The van der Waals surface area contributed by atoms with E-state index in [1.807, 2.05) is 57.2 Å². The van der Waals surface area contributed by atoms with Crippen molar-refractivity contribution in [1.29, 1.82) is 0 Å². The number of hydrazone groups is 1. The third-order valence-electron chi connectivity index (χ3n) is 6.02. The Morgan fingerprint density at radius 2 is 1.86 bits per heavy atom. The molecule has 2 aromatic heterocycles. The van der Waals surface area contributed by atoms with Crippen LogP contribution in [-0.4, -0.2) is 44.7 Å². The van der Waals surface area contributed by atoms with Gasteiger partial charge in [0.25, 0.3) is 5.56 Å². The monoisotopic (exact) mass is 513 g/mol. The number of rotatable bonds is 4. The quantitative estimate of drug-likeness (QED) is 0.209. The number of piperidine rings is 1. The lowest BCUT2D eigenvalue weighted by molar-refractivity contribution is 0.0186. The van der Waals surface area contributed by atoms with Crippen molar-refractivity contribution in [3.8, 4) is 10.4 Å². The summed E-state index contributed by atoms with van der Waals surface area (Å²) in [6.45, 7) is 6.18. The first-order chi connectivity index (χ1) is 17.1. The van der Waals surface area contributed by atoms with E-state index < -0.39 is 17.4 Å². The fourth-order valence-electron chi connectivity index (χ4n) is 4.29. The first-order valence-electron chi connectivity index (χ1n) is 11.7. The Morgan fingerprint density at radius 3 is 2.44 bits per heavy atom. The van der Waals surface area contributed by atoms with Crippen molar-refractivity contribution in [2.45, 2.75) is 51.8 Å². The number of likely N-dealkylation sites (tertiary alicyclic amines) is 1. The van der Waals surface area contributed by atoms with E-state index in [2.05, 4.69) is 10.5 Å². The molecule has 0 bridgehead atoms. The Bertz CT molecular complexity index is 1390. The van der Waals surface area contributed by atoms with Crippen molar-refractivity contribution < 1.29 is 9.53 Å². The zero-order chi connectivity index (χ0) is 26.0. The summed E-state index contributed by atoms with van der Waals surface area (Å²) < 4.78 is 8.68. The minimum atomic E-state index is -0.599. The summed E-state index contributed by atoms with van der Waals surface area (Å²) in [4.78, 5) is 42.3. The second-order valence-electron chi connectivity index (χ2n) is 9.65. The molecule has 0 radical (unpaired) electrons. The third kappa shape index (κ3) is 5.14. The summed E-state index contributed by atoms with van der Waals surface area (Å²) in [6, 6.07) is 11.1. The molecular formula is C24H31N7O4S. The molecule has 36 heavy (non-hydrogen) atoms. The van der Waals surface area contributed by atoms with Crippen LogP contribution in [0, 0.1) is 0 Å². The molecule has 1 aliphatic heterocycles. The predicted molar refractivity (Wildman–Crippen MR) is 141 cm³/mol. The van der Waals surface area contributed by atoms with Crippen molar-refractivity contribution in [2.24, 2.45) is 16.8 Å². The van der Waals surface area contributed by atoms with Crippen LogP contribution in [0.25, 0.3) is 20.7 Å². The number of amidine groups is 1. The highest BCUT2D eigenvalue weighted by Crippen LogP contribution is 2.32. The predicted octanol–water partition coefficient (Wildman–Crippen LogP) is 2.20. The van der Waals surface area contributed by atoms with Crippen LogP contribution in [0.15, 0.2) is 51.1 Å². The van der Waals surface area contributed by atoms with Gasteiger partial charge in [-0.15, -0.1) is 11.3 Å². The van der Waals surface area contributed by atoms with Gasteiger partial charge in [-0.1, -0.05) is 30.3 Å². The van der Waals surface area contributed by atoms with Crippen molar-refractivity contribution >= 4 is 33.5 Å². The minimum absolute atomic E-state index is 0.0235. The van der Waals surface area contributed by atoms with Gasteiger partial charge in [-0.05, 0) is 45.2 Å². The van der Waals surface area contributed by atoms with E-state index >= 15 is 0 Å². The van der Waals surface area contributed by atoms with Crippen molar-refractivity contribution in [1.82, 2.24) is 19.5 Å². The molecule has 0 saturated carbocycles. The first-order valence-corrected chi connectivity index (χ1v) is 12.5. The standard InChI is InChI=1S/C24H31N7O4S/c1-24(2,3)35-23(34)29-11-9-16(10-12-29)31-21(32)20-17(30(22(31)33)14-19(27-25)28-26)13-18(36-20)15-7-5-4-6-8-15/h4-8,13,16H,9-12,14,25-26H2,1-3H3,(H,27,28). The molecule has 3 aromatic rings. The van der Waals surface area contributed by atoms with E-state index in [0.717, 1.165) is 10.4 Å². The van der Waals surface area contributed by atoms with Gasteiger partial charge in [-0.3, -0.25) is 13.9 Å². The van der Waals surface area contributed by atoms with Crippen LogP contribution in [0.4, 0.5) is 4.79 Å². The molecule has 1 aliphatic rings. The number of fused-ring (bicyclic) bond motifs is 1. The Balaban J connectivity index is 1.75. The van der Waals surface area contributed by atoms with Gasteiger partial charge in [-0.2, -0.15) is 5.10 Å². The van der Waals surface area contributed by atoms with Gasteiger partial charge in [0.15, 0.2) is 5.84 Å². The number of nitrogens with zero attached hydrogens (tertiary/aromatic N) is 4. The molecule has 192 valence electrons. The zero-order valence-electron chi connectivity index (χ0n) is 20.6. The summed E-state index contributed by atoms with van der Waals surface area (Å²) in [5.41, 5.74) is 2.42. The van der Waals surface area contributed by atoms with Crippen molar-refractivity contribution in [3.63, 3.8) is 0 Å². The molecule has 1 saturated heterocycles. The van der Waals surface area contributed by atoms with E-state index in [0.29, 0.717) is 36.1 Å². The lowest BCUT2D eigenvalue weighted by atomic mass is 10.1. The Kier molecular flexibility index (Phi) is 7.18. The Hall–Kier alpha value is -3.64. The highest BCUT2D eigenvalue weighted by Gasteiger charge is 2.30. The van der Waals surface area contributed by atoms with Gasteiger partial charge in [-0.25, -0.2) is 15.4 Å².